The van der Waals surface area contributed by atoms with Crippen molar-refractivity contribution < 1.29 is 40.3 Å². The van der Waals surface area contributed by atoms with Gasteiger partial charge in [0, 0.05) is 9.66 Å². The molecule has 0 saturated carbocycles. The van der Waals surface area contributed by atoms with Crippen LogP contribution in [0, 0.1) is 0 Å². The Morgan fingerprint density at radius 1 is 0.960 bits per heavy atom. The zero-order valence-electron chi connectivity index (χ0n) is 11.9. The summed E-state index contributed by atoms with van der Waals surface area (Å²) in [5, 5.41) is 0. The highest BCUT2D eigenvalue weighted by molar-refractivity contribution is 14.1. The summed E-state index contributed by atoms with van der Waals surface area (Å²) in [5.74, 6) is -13.5. The Bertz CT molecular complexity index is 723. The zero-order chi connectivity index (χ0) is 19.2. The SMILES string of the molecule is O=C1c2ccccc2C(=O)N1CC(I)=CC(F)(F)C(F)(F)C(F)(F)F. The van der Waals surface area contributed by atoms with E-state index in [9.17, 15) is 40.3 Å². The molecule has 0 aliphatic carbocycles. The molecule has 1 heterocycles. The first-order chi connectivity index (χ1) is 11.3. The predicted octanol–water partition coefficient (Wildman–Crippen LogP) is 4.43. The molecule has 0 saturated heterocycles. The van der Waals surface area contributed by atoms with Gasteiger partial charge in [-0.15, -0.1) is 0 Å². The van der Waals surface area contributed by atoms with Crippen LogP contribution in [-0.2, 0) is 0 Å². The van der Waals surface area contributed by atoms with Crippen LogP contribution in [0.1, 0.15) is 20.7 Å². The number of rotatable bonds is 4. The standard InChI is InChI=1S/C14H7F7INO2/c15-12(16,13(17,18)14(19,20)21)5-7(22)6-23-10(24)8-3-1-2-4-9(8)11(23)25/h1-5H,6H2. The van der Waals surface area contributed by atoms with E-state index in [1.165, 1.54) is 24.3 Å². The number of halogens is 8. The topological polar surface area (TPSA) is 37.4 Å². The van der Waals surface area contributed by atoms with E-state index < -0.39 is 46.0 Å². The highest BCUT2D eigenvalue weighted by Gasteiger charge is 2.72. The molecule has 2 rings (SSSR count). The molecular formula is C14H7F7INO2. The second kappa shape index (κ2) is 6.25. The van der Waals surface area contributed by atoms with Crippen molar-refractivity contribution in [3.05, 3.63) is 45.0 Å². The highest BCUT2D eigenvalue weighted by atomic mass is 127. The van der Waals surface area contributed by atoms with Crippen molar-refractivity contribution in [2.24, 2.45) is 0 Å². The number of fused-ring (bicyclic) bond motifs is 1. The zero-order valence-corrected chi connectivity index (χ0v) is 14.0. The molecule has 1 aliphatic heterocycles. The third-order valence-electron chi connectivity index (χ3n) is 3.30. The number of amides is 2. The Hall–Kier alpha value is -1.66. The molecule has 0 radical (unpaired) electrons. The molecule has 0 bridgehead atoms. The first kappa shape index (κ1) is 19.7. The Morgan fingerprint density at radius 3 is 1.80 bits per heavy atom. The van der Waals surface area contributed by atoms with Crippen molar-refractivity contribution in [3.8, 4) is 0 Å². The van der Waals surface area contributed by atoms with Gasteiger partial charge in [-0.2, -0.15) is 30.7 Å². The first-order valence-corrected chi connectivity index (χ1v) is 7.52. The Kier molecular flexibility index (Phi) is 4.92. The van der Waals surface area contributed by atoms with Gasteiger partial charge in [-0.1, -0.05) is 12.1 Å². The quantitative estimate of drug-likeness (QED) is 0.363. The number of nitrogens with zero attached hydrogens (tertiary/aromatic N) is 1. The predicted molar refractivity (Wildman–Crippen MR) is 79.9 cm³/mol. The summed E-state index contributed by atoms with van der Waals surface area (Å²) in [5.41, 5.74) is -0.0202. The van der Waals surface area contributed by atoms with E-state index in [4.69, 9.17) is 0 Å². The minimum Gasteiger partial charge on any atom is -0.269 e. The third kappa shape index (κ3) is 3.37. The molecule has 0 unspecified atom stereocenters. The molecule has 136 valence electrons. The number of imide groups is 1. The van der Waals surface area contributed by atoms with E-state index in [-0.39, 0.29) is 11.1 Å². The van der Waals surface area contributed by atoms with Crippen LogP contribution in [0.25, 0.3) is 0 Å². The lowest BCUT2D eigenvalue weighted by atomic mass is 10.1. The Morgan fingerprint density at radius 2 is 1.40 bits per heavy atom. The average Bonchev–Trinajstić information content (AvgIpc) is 2.71. The van der Waals surface area contributed by atoms with Crippen LogP contribution in [0.2, 0.25) is 0 Å². The number of benzene rings is 1. The van der Waals surface area contributed by atoms with Crippen molar-refractivity contribution in [2.75, 3.05) is 6.54 Å². The van der Waals surface area contributed by atoms with Crippen LogP contribution in [0.15, 0.2) is 33.9 Å². The molecule has 0 aromatic heterocycles. The molecule has 0 spiro atoms. The van der Waals surface area contributed by atoms with Gasteiger partial charge >= 0.3 is 18.0 Å². The number of allylic oxidation sites excluding steroid dienone is 1. The van der Waals surface area contributed by atoms with Crippen LogP contribution in [0.5, 0.6) is 0 Å². The summed E-state index contributed by atoms with van der Waals surface area (Å²) in [6.45, 7) is -0.851. The van der Waals surface area contributed by atoms with Gasteiger partial charge < -0.3 is 0 Å². The van der Waals surface area contributed by atoms with Crippen molar-refractivity contribution in [3.63, 3.8) is 0 Å². The number of hydrogen-bond acceptors (Lipinski definition) is 2. The molecule has 25 heavy (non-hydrogen) atoms. The summed E-state index contributed by atoms with van der Waals surface area (Å²) < 4.78 is 88.0. The van der Waals surface area contributed by atoms with Gasteiger partial charge in [0.2, 0.25) is 0 Å². The number of alkyl halides is 7. The van der Waals surface area contributed by atoms with Crippen molar-refractivity contribution >= 4 is 34.4 Å². The van der Waals surface area contributed by atoms with Crippen LogP contribution < -0.4 is 0 Å². The van der Waals surface area contributed by atoms with Gasteiger partial charge in [0.25, 0.3) is 11.8 Å². The maximum atomic E-state index is 13.3. The second-order valence-electron chi connectivity index (χ2n) is 5.03. The van der Waals surface area contributed by atoms with E-state index >= 15 is 0 Å². The lowest BCUT2D eigenvalue weighted by Crippen LogP contribution is -2.51. The van der Waals surface area contributed by atoms with Gasteiger partial charge in [0.1, 0.15) is 0 Å². The average molecular weight is 481 g/mol. The molecule has 1 aromatic rings. The highest BCUT2D eigenvalue weighted by Crippen LogP contribution is 2.47. The third-order valence-corrected chi connectivity index (χ3v) is 3.95. The summed E-state index contributed by atoms with van der Waals surface area (Å²) >= 11 is 1.08. The van der Waals surface area contributed by atoms with E-state index in [0.29, 0.717) is 4.90 Å². The van der Waals surface area contributed by atoms with Crippen LogP contribution in [-0.4, -0.2) is 41.3 Å². The summed E-state index contributed by atoms with van der Waals surface area (Å²) in [4.78, 5) is 24.5. The van der Waals surface area contributed by atoms with Crippen molar-refractivity contribution in [2.45, 2.75) is 18.0 Å². The van der Waals surface area contributed by atoms with Crippen LogP contribution >= 0.6 is 22.6 Å². The van der Waals surface area contributed by atoms with Gasteiger partial charge in [-0.3, -0.25) is 14.5 Å². The fourth-order valence-corrected chi connectivity index (χ4v) is 2.79. The maximum Gasteiger partial charge on any atom is 0.460 e. The van der Waals surface area contributed by atoms with Crippen molar-refractivity contribution in [1.82, 2.24) is 4.90 Å². The summed E-state index contributed by atoms with van der Waals surface area (Å²) in [7, 11) is 0. The molecule has 1 aromatic carbocycles. The minimum absolute atomic E-state index is 0.0101. The molecule has 11 heteroatoms. The molecule has 0 fully saturated rings. The summed E-state index contributed by atoms with van der Waals surface area (Å²) in [6.07, 6.45) is -7.05. The lowest BCUT2D eigenvalue weighted by Gasteiger charge is -2.26. The fourth-order valence-electron chi connectivity index (χ4n) is 2.06. The monoisotopic (exact) mass is 481 g/mol. The van der Waals surface area contributed by atoms with Gasteiger partial charge in [-0.05, 0) is 34.7 Å². The number of hydrogen-bond donors (Lipinski definition) is 0. The van der Waals surface area contributed by atoms with E-state index in [1.807, 2.05) is 0 Å². The lowest BCUT2D eigenvalue weighted by molar-refractivity contribution is -0.341. The molecular weight excluding hydrogens is 474 g/mol. The maximum absolute atomic E-state index is 13.3. The molecule has 1 aliphatic rings. The largest absolute Gasteiger partial charge is 0.460 e. The molecule has 2 amide bonds. The molecule has 0 N–H and O–H groups in total. The second-order valence-corrected chi connectivity index (χ2v) is 6.41. The van der Waals surface area contributed by atoms with E-state index in [1.54, 1.807) is 0 Å². The normalized spacial score (nSPS) is 16.5. The smallest absolute Gasteiger partial charge is 0.269 e. The van der Waals surface area contributed by atoms with Gasteiger partial charge in [0.15, 0.2) is 0 Å². The van der Waals surface area contributed by atoms with Crippen LogP contribution in [0.4, 0.5) is 30.7 Å². The molecule has 3 nitrogen and oxygen atoms in total. The van der Waals surface area contributed by atoms with Crippen LogP contribution in [0.3, 0.4) is 0 Å². The van der Waals surface area contributed by atoms with E-state index in [0.717, 1.165) is 22.6 Å². The van der Waals surface area contributed by atoms with Gasteiger partial charge in [-0.25, -0.2) is 0 Å². The minimum atomic E-state index is -6.46. The Balaban J connectivity index is 2.26. The Labute approximate surface area is 149 Å². The summed E-state index contributed by atoms with van der Waals surface area (Å²) in [6, 6.07) is 5.51. The molecule has 0 atom stereocenters. The first-order valence-electron chi connectivity index (χ1n) is 6.44. The van der Waals surface area contributed by atoms with Crippen molar-refractivity contribution in [1.29, 1.82) is 0 Å². The van der Waals surface area contributed by atoms with E-state index in [2.05, 4.69) is 0 Å². The number of carbonyl (C=O) groups excluding carboxylic acids is 2. The van der Waals surface area contributed by atoms with Gasteiger partial charge in [0.05, 0.1) is 17.7 Å². The number of carbonyl (C=O) groups is 2. The fraction of sp³-hybridized carbons (Fsp3) is 0.286.